The van der Waals surface area contributed by atoms with E-state index in [4.69, 9.17) is 9.15 Å². The molecule has 1 aliphatic rings. The zero-order valence-corrected chi connectivity index (χ0v) is 14.6. The number of aryl methyl sites for hydroxylation is 1. The number of halogens is 2. The number of rotatable bonds is 5. The molecular formula is C21H17F2NO3. The van der Waals surface area contributed by atoms with Crippen molar-refractivity contribution >= 4 is 11.6 Å². The molecule has 0 unspecified atom stereocenters. The molecule has 1 saturated heterocycles. The van der Waals surface area contributed by atoms with Crippen LogP contribution in [0, 0.1) is 6.92 Å². The Morgan fingerprint density at radius 1 is 1.04 bits per heavy atom. The van der Waals surface area contributed by atoms with Crippen LogP contribution in [-0.2, 0) is 11.4 Å². The minimum Gasteiger partial charge on any atom is -0.489 e. The van der Waals surface area contributed by atoms with Crippen molar-refractivity contribution in [1.29, 1.82) is 0 Å². The molecule has 1 atom stereocenters. The quantitative estimate of drug-likeness (QED) is 0.602. The Labute approximate surface area is 155 Å². The first kappa shape index (κ1) is 17.3. The van der Waals surface area contributed by atoms with Crippen molar-refractivity contribution in [3.05, 3.63) is 83.8 Å². The van der Waals surface area contributed by atoms with Crippen molar-refractivity contribution in [1.82, 2.24) is 0 Å². The van der Waals surface area contributed by atoms with Gasteiger partial charge >= 0.3 is 11.8 Å². The van der Waals surface area contributed by atoms with Crippen LogP contribution in [0.15, 0.2) is 71.1 Å². The van der Waals surface area contributed by atoms with Crippen molar-refractivity contribution in [2.45, 2.75) is 25.5 Å². The van der Waals surface area contributed by atoms with Crippen LogP contribution in [0.25, 0.3) is 0 Å². The highest BCUT2D eigenvalue weighted by molar-refractivity contribution is 6.07. The number of carbonyl (C=O) groups excluding carboxylic acids is 1. The average Bonchev–Trinajstić information content (AvgIpc) is 3.10. The summed E-state index contributed by atoms with van der Waals surface area (Å²) in [5.74, 6) is -3.54. The number of alkyl halides is 2. The molecule has 0 saturated carbocycles. The minimum absolute atomic E-state index is 0.0708. The number of furan rings is 1. The van der Waals surface area contributed by atoms with Crippen molar-refractivity contribution in [3.8, 4) is 5.75 Å². The lowest BCUT2D eigenvalue weighted by Crippen LogP contribution is -2.64. The Hall–Kier alpha value is -3.15. The van der Waals surface area contributed by atoms with Gasteiger partial charge < -0.3 is 9.15 Å². The van der Waals surface area contributed by atoms with E-state index in [9.17, 15) is 13.6 Å². The van der Waals surface area contributed by atoms with E-state index in [2.05, 4.69) is 0 Å². The maximum atomic E-state index is 14.1. The fraction of sp³-hybridized carbons (Fsp3) is 0.190. The van der Waals surface area contributed by atoms with E-state index in [-0.39, 0.29) is 5.76 Å². The molecule has 27 heavy (non-hydrogen) atoms. The molecule has 4 rings (SSSR count). The minimum atomic E-state index is -3.48. The van der Waals surface area contributed by atoms with E-state index in [0.29, 0.717) is 23.8 Å². The predicted molar refractivity (Wildman–Crippen MR) is 95.8 cm³/mol. The van der Waals surface area contributed by atoms with Crippen molar-refractivity contribution < 1.29 is 22.7 Å². The number of anilines is 1. The molecule has 0 aliphatic carbocycles. The van der Waals surface area contributed by atoms with Gasteiger partial charge in [-0.3, -0.25) is 9.69 Å². The number of hydrogen-bond acceptors (Lipinski definition) is 3. The number of benzene rings is 2. The summed E-state index contributed by atoms with van der Waals surface area (Å²) in [6.07, 6.45) is 0. The normalized spacial score (nSPS) is 18.3. The summed E-state index contributed by atoms with van der Waals surface area (Å²) < 4.78 is 39.3. The van der Waals surface area contributed by atoms with Gasteiger partial charge in [-0.15, -0.1) is 0 Å². The summed E-state index contributed by atoms with van der Waals surface area (Å²) in [4.78, 5) is 13.0. The molecular weight excluding hydrogens is 352 g/mol. The summed E-state index contributed by atoms with van der Waals surface area (Å²) >= 11 is 0. The maximum absolute atomic E-state index is 14.1. The summed E-state index contributed by atoms with van der Waals surface area (Å²) in [6, 6.07) is 17.8. The van der Waals surface area contributed by atoms with Gasteiger partial charge in [-0.25, -0.2) is 0 Å². The first-order valence-corrected chi connectivity index (χ1v) is 8.51. The lowest BCUT2D eigenvalue weighted by atomic mass is 9.93. The van der Waals surface area contributed by atoms with Crippen LogP contribution < -0.4 is 9.64 Å². The second-order valence-corrected chi connectivity index (χ2v) is 6.42. The Morgan fingerprint density at radius 3 is 2.37 bits per heavy atom. The van der Waals surface area contributed by atoms with Crippen molar-refractivity contribution in [2.24, 2.45) is 0 Å². The smallest absolute Gasteiger partial charge is 0.352 e. The molecule has 1 amide bonds. The van der Waals surface area contributed by atoms with Crippen LogP contribution in [0.1, 0.15) is 23.1 Å². The Morgan fingerprint density at radius 2 is 1.74 bits per heavy atom. The van der Waals surface area contributed by atoms with Crippen molar-refractivity contribution in [3.63, 3.8) is 0 Å². The van der Waals surface area contributed by atoms with Gasteiger partial charge in [-0.1, -0.05) is 30.3 Å². The van der Waals surface area contributed by atoms with Gasteiger partial charge in [0, 0.05) is 5.69 Å². The van der Waals surface area contributed by atoms with Gasteiger partial charge in [0.05, 0.1) is 0 Å². The standard InChI is InChI=1S/C21H17F2NO3/c1-14-7-12-18(27-14)19-21(22,23)20(25)24(19)16-8-10-17(11-9-16)26-13-15-5-3-2-4-6-15/h2-12,19H,13H2,1H3/t19-/m0/s1. The summed E-state index contributed by atoms with van der Waals surface area (Å²) in [5, 5.41) is 0. The van der Waals surface area contributed by atoms with Gasteiger partial charge in [0.25, 0.3) is 0 Å². The van der Waals surface area contributed by atoms with E-state index in [1.807, 2.05) is 30.3 Å². The molecule has 1 aliphatic heterocycles. The third kappa shape index (κ3) is 3.07. The van der Waals surface area contributed by atoms with E-state index in [1.165, 1.54) is 6.07 Å². The molecule has 2 heterocycles. The molecule has 0 radical (unpaired) electrons. The highest BCUT2D eigenvalue weighted by Gasteiger charge is 2.66. The molecule has 0 bridgehead atoms. The second kappa shape index (κ2) is 6.54. The van der Waals surface area contributed by atoms with Crippen LogP contribution in [0.2, 0.25) is 0 Å². The third-order valence-electron chi connectivity index (χ3n) is 4.50. The number of β-lactam (4-membered cyclic amide) rings is 1. The van der Waals surface area contributed by atoms with E-state index < -0.39 is 17.9 Å². The predicted octanol–water partition coefficient (Wildman–Crippen LogP) is 4.89. The highest BCUT2D eigenvalue weighted by Crippen LogP contribution is 2.50. The summed E-state index contributed by atoms with van der Waals surface area (Å²) in [7, 11) is 0. The van der Waals surface area contributed by atoms with Gasteiger partial charge in [-0.2, -0.15) is 8.78 Å². The zero-order chi connectivity index (χ0) is 19.0. The van der Waals surface area contributed by atoms with E-state index in [1.54, 1.807) is 37.3 Å². The molecule has 1 aromatic heterocycles. The zero-order valence-electron chi connectivity index (χ0n) is 14.6. The first-order chi connectivity index (χ1) is 13.0. The van der Waals surface area contributed by atoms with Crippen LogP contribution in [0.5, 0.6) is 5.75 Å². The fourth-order valence-electron chi connectivity index (χ4n) is 3.11. The Bertz CT molecular complexity index is 951. The summed E-state index contributed by atoms with van der Waals surface area (Å²) in [6.45, 7) is 2.07. The van der Waals surface area contributed by atoms with Crippen molar-refractivity contribution in [2.75, 3.05) is 4.90 Å². The van der Waals surface area contributed by atoms with Crippen LogP contribution in [0.3, 0.4) is 0 Å². The molecule has 0 spiro atoms. The average molecular weight is 369 g/mol. The molecule has 0 N–H and O–H groups in total. The first-order valence-electron chi connectivity index (χ1n) is 8.51. The van der Waals surface area contributed by atoms with Crippen LogP contribution in [-0.4, -0.2) is 11.8 Å². The SMILES string of the molecule is Cc1ccc([C@@H]2N(c3ccc(OCc4ccccc4)cc3)C(=O)C2(F)F)o1. The molecule has 138 valence electrons. The topological polar surface area (TPSA) is 42.7 Å². The van der Waals surface area contributed by atoms with Gasteiger partial charge in [0.1, 0.15) is 23.9 Å². The number of carbonyl (C=O) groups is 1. The molecule has 3 aromatic rings. The Balaban J connectivity index is 1.51. The summed E-state index contributed by atoms with van der Waals surface area (Å²) in [5.41, 5.74) is 1.39. The van der Waals surface area contributed by atoms with E-state index >= 15 is 0 Å². The number of nitrogens with zero attached hydrogens (tertiary/aromatic N) is 1. The monoisotopic (exact) mass is 369 g/mol. The number of amides is 1. The lowest BCUT2D eigenvalue weighted by Gasteiger charge is -2.45. The molecule has 6 heteroatoms. The molecule has 1 fully saturated rings. The second-order valence-electron chi connectivity index (χ2n) is 6.42. The third-order valence-corrected chi connectivity index (χ3v) is 4.50. The van der Waals surface area contributed by atoms with E-state index in [0.717, 1.165) is 10.5 Å². The maximum Gasteiger partial charge on any atom is 0.352 e. The number of hydrogen-bond donors (Lipinski definition) is 0. The number of ether oxygens (including phenoxy) is 1. The molecule has 2 aromatic carbocycles. The highest BCUT2D eigenvalue weighted by atomic mass is 19.3. The molecule has 4 nitrogen and oxygen atoms in total. The fourth-order valence-corrected chi connectivity index (χ4v) is 3.11. The lowest BCUT2D eigenvalue weighted by molar-refractivity contribution is -0.164. The largest absolute Gasteiger partial charge is 0.489 e. The van der Waals surface area contributed by atoms with Gasteiger partial charge in [0.15, 0.2) is 6.04 Å². The van der Waals surface area contributed by atoms with Gasteiger partial charge in [-0.05, 0) is 48.9 Å². The Kier molecular flexibility index (Phi) is 4.18. The van der Waals surface area contributed by atoms with Crippen LogP contribution >= 0.6 is 0 Å². The van der Waals surface area contributed by atoms with Crippen LogP contribution in [0.4, 0.5) is 14.5 Å². The van der Waals surface area contributed by atoms with Gasteiger partial charge in [0.2, 0.25) is 0 Å².